The molecular formula is C18H18ClFN4O2. The molecule has 1 aliphatic carbocycles. The zero-order valence-electron chi connectivity index (χ0n) is 14.0. The van der Waals surface area contributed by atoms with Crippen LogP contribution in [-0.2, 0) is 22.7 Å². The van der Waals surface area contributed by atoms with Crippen molar-refractivity contribution in [3.05, 3.63) is 59.7 Å². The molecule has 136 valence electrons. The molecule has 1 N–H and O–H groups in total. The van der Waals surface area contributed by atoms with Gasteiger partial charge in [0.2, 0.25) is 5.91 Å². The van der Waals surface area contributed by atoms with Crippen molar-refractivity contribution in [2.45, 2.75) is 32.0 Å². The van der Waals surface area contributed by atoms with Crippen molar-refractivity contribution in [2.24, 2.45) is 0 Å². The first kappa shape index (κ1) is 18.1. The van der Waals surface area contributed by atoms with Gasteiger partial charge in [-0.25, -0.2) is 4.39 Å². The summed E-state index contributed by atoms with van der Waals surface area (Å²) in [6, 6.07) is 4.55. The van der Waals surface area contributed by atoms with Gasteiger partial charge in [-0.15, -0.1) is 0 Å². The Hall–Kier alpha value is -2.67. The molecule has 1 aliphatic rings. The number of aromatic nitrogens is 2. The number of amides is 2. The molecule has 1 aromatic heterocycles. The van der Waals surface area contributed by atoms with Crippen LogP contribution in [0.4, 0.5) is 10.1 Å². The molecule has 1 aromatic carbocycles. The summed E-state index contributed by atoms with van der Waals surface area (Å²) in [6.07, 6.45) is 6.31. The van der Waals surface area contributed by atoms with Crippen LogP contribution in [0.25, 0.3) is 0 Å². The van der Waals surface area contributed by atoms with Crippen LogP contribution >= 0.6 is 11.6 Å². The number of anilines is 1. The fraction of sp³-hybridized carbons (Fsp3) is 0.278. The second-order valence-corrected chi connectivity index (χ2v) is 6.52. The molecule has 1 heterocycles. The number of benzene rings is 1. The smallest absolute Gasteiger partial charge is 0.250 e. The molecule has 1 fully saturated rings. The van der Waals surface area contributed by atoms with E-state index in [1.165, 1.54) is 34.0 Å². The molecule has 0 bridgehead atoms. The molecule has 2 aromatic rings. The van der Waals surface area contributed by atoms with Crippen molar-refractivity contribution in [1.29, 1.82) is 0 Å². The topological polar surface area (TPSA) is 67.2 Å². The van der Waals surface area contributed by atoms with Gasteiger partial charge in [-0.05, 0) is 36.6 Å². The lowest BCUT2D eigenvalue weighted by molar-refractivity contribution is -0.122. The summed E-state index contributed by atoms with van der Waals surface area (Å²) in [5.74, 6) is -0.979. The van der Waals surface area contributed by atoms with Gasteiger partial charge in [0.15, 0.2) is 0 Å². The van der Waals surface area contributed by atoms with Gasteiger partial charge in [-0.2, -0.15) is 5.10 Å². The Labute approximate surface area is 155 Å². The van der Waals surface area contributed by atoms with Crippen LogP contribution in [-0.4, -0.2) is 27.6 Å². The maximum absolute atomic E-state index is 13.3. The lowest BCUT2D eigenvalue weighted by Gasteiger charge is -2.19. The Kier molecular flexibility index (Phi) is 5.37. The summed E-state index contributed by atoms with van der Waals surface area (Å²) in [4.78, 5) is 25.5. The van der Waals surface area contributed by atoms with E-state index in [0.717, 1.165) is 12.8 Å². The minimum absolute atomic E-state index is 0.0130. The molecule has 2 amide bonds. The van der Waals surface area contributed by atoms with E-state index in [-0.39, 0.29) is 36.0 Å². The predicted octanol–water partition coefficient (Wildman–Crippen LogP) is 2.67. The Bertz CT molecular complexity index is 847. The molecule has 0 atom stereocenters. The van der Waals surface area contributed by atoms with E-state index in [1.807, 2.05) is 0 Å². The third kappa shape index (κ3) is 4.49. The number of halogens is 2. The number of nitrogens with zero attached hydrogens (tertiary/aromatic N) is 3. The van der Waals surface area contributed by atoms with E-state index in [9.17, 15) is 14.0 Å². The summed E-state index contributed by atoms with van der Waals surface area (Å²) in [5.41, 5.74) is 1.17. The molecule has 6 nitrogen and oxygen atoms in total. The summed E-state index contributed by atoms with van der Waals surface area (Å²) in [7, 11) is 0. The zero-order valence-corrected chi connectivity index (χ0v) is 14.7. The highest BCUT2D eigenvalue weighted by molar-refractivity contribution is 6.30. The van der Waals surface area contributed by atoms with Crippen molar-refractivity contribution in [3.63, 3.8) is 0 Å². The predicted molar refractivity (Wildman–Crippen MR) is 96.2 cm³/mol. The standard InChI is InChI=1S/C18H18ClFN4O2/c1-2-18(26)24(9-12-3-6-16(20)15(19)7-12)14-8-21-23(10-14)11-17(25)22-13-4-5-13/h2-3,6-8,10,13H,1,4-5,9,11H2,(H,22,25). The molecule has 26 heavy (non-hydrogen) atoms. The molecule has 8 heteroatoms. The molecular weight excluding hydrogens is 359 g/mol. The molecule has 1 saturated carbocycles. The quantitative estimate of drug-likeness (QED) is 0.755. The summed E-state index contributed by atoms with van der Waals surface area (Å²) < 4.78 is 14.8. The molecule has 0 saturated heterocycles. The monoisotopic (exact) mass is 376 g/mol. The SMILES string of the molecule is C=CC(=O)N(Cc1ccc(F)c(Cl)c1)c1cnn(CC(=O)NC2CC2)c1. The van der Waals surface area contributed by atoms with E-state index < -0.39 is 5.82 Å². The molecule has 0 spiro atoms. The maximum Gasteiger partial charge on any atom is 0.250 e. The van der Waals surface area contributed by atoms with Crippen molar-refractivity contribution in [2.75, 3.05) is 4.90 Å². The summed E-state index contributed by atoms with van der Waals surface area (Å²) >= 11 is 5.81. The number of hydrogen-bond donors (Lipinski definition) is 1. The van der Waals surface area contributed by atoms with Crippen LogP contribution < -0.4 is 10.2 Å². The summed E-state index contributed by atoms with van der Waals surface area (Å²) in [5, 5.41) is 7.00. The first-order valence-corrected chi connectivity index (χ1v) is 8.53. The molecule has 0 aliphatic heterocycles. The second kappa shape index (κ2) is 7.70. The largest absolute Gasteiger partial charge is 0.352 e. The van der Waals surface area contributed by atoms with Crippen LogP contribution in [0.15, 0.2) is 43.2 Å². The minimum Gasteiger partial charge on any atom is -0.352 e. The highest BCUT2D eigenvalue weighted by Crippen LogP contribution is 2.21. The third-order valence-corrected chi connectivity index (χ3v) is 4.23. The Morgan fingerprint density at radius 1 is 1.46 bits per heavy atom. The lowest BCUT2D eigenvalue weighted by atomic mass is 10.2. The average Bonchev–Trinajstić information content (AvgIpc) is 3.30. The Morgan fingerprint density at radius 3 is 2.88 bits per heavy atom. The van der Waals surface area contributed by atoms with Gasteiger partial charge in [-0.3, -0.25) is 14.3 Å². The number of nitrogens with one attached hydrogen (secondary N) is 1. The van der Waals surface area contributed by atoms with E-state index in [4.69, 9.17) is 11.6 Å². The molecule has 0 unspecified atom stereocenters. The van der Waals surface area contributed by atoms with Crippen molar-refractivity contribution < 1.29 is 14.0 Å². The van der Waals surface area contributed by atoms with Gasteiger partial charge in [0, 0.05) is 12.2 Å². The van der Waals surface area contributed by atoms with Crippen molar-refractivity contribution in [1.82, 2.24) is 15.1 Å². The van der Waals surface area contributed by atoms with Gasteiger partial charge < -0.3 is 10.2 Å². The molecule has 0 radical (unpaired) electrons. The van der Waals surface area contributed by atoms with Gasteiger partial charge in [0.1, 0.15) is 12.4 Å². The van der Waals surface area contributed by atoms with Gasteiger partial charge in [0.25, 0.3) is 5.91 Å². The normalized spacial score (nSPS) is 13.3. The highest BCUT2D eigenvalue weighted by Gasteiger charge is 2.23. The molecule has 3 rings (SSSR count). The Balaban J connectivity index is 1.74. The number of carbonyl (C=O) groups is 2. The van der Waals surface area contributed by atoms with Gasteiger partial charge >= 0.3 is 0 Å². The first-order chi connectivity index (χ1) is 12.5. The van der Waals surface area contributed by atoms with Crippen LogP contribution in [0.2, 0.25) is 5.02 Å². The van der Waals surface area contributed by atoms with Gasteiger partial charge in [0.05, 0.1) is 23.5 Å². The van der Waals surface area contributed by atoms with Crippen LogP contribution in [0.3, 0.4) is 0 Å². The highest BCUT2D eigenvalue weighted by atomic mass is 35.5. The lowest BCUT2D eigenvalue weighted by Crippen LogP contribution is -2.30. The third-order valence-electron chi connectivity index (χ3n) is 3.94. The zero-order chi connectivity index (χ0) is 18.7. The fourth-order valence-electron chi connectivity index (χ4n) is 2.45. The van der Waals surface area contributed by atoms with E-state index in [0.29, 0.717) is 11.3 Å². The van der Waals surface area contributed by atoms with Crippen LogP contribution in [0.1, 0.15) is 18.4 Å². The number of hydrogen-bond acceptors (Lipinski definition) is 3. The van der Waals surface area contributed by atoms with Crippen molar-refractivity contribution in [3.8, 4) is 0 Å². The maximum atomic E-state index is 13.3. The minimum atomic E-state index is -0.522. The first-order valence-electron chi connectivity index (χ1n) is 8.16. The fourth-order valence-corrected chi connectivity index (χ4v) is 2.66. The van der Waals surface area contributed by atoms with Crippen molar-refractivity contribution >= 4 is 29.1 Å². The number of carbonyl (C=O) groups excluding carboxylic acids is 2. The number of rotatable bonds is 7. The van der Waals surface area contributed by atoms with E-state index >= 15 is 0 Å². The average molecular weight is 377 g/mol. The van der Waals surface area contributed by atoms with E-state index in [2.05, 4.69) is 17.0 Å². The van der Waals surface area contributed by atoms with Crippen LogP contribution in [0.5, 0.6) is 0 Å². The second-order valence-electron chi connectivity index (χ2n) is 6.11. The van der Waals surface area contributed by atoms with Crippen LogP contribution in [0, 0.1) is 5.82 Å². The van der Waals surface area contributed by atoms with Gasteiger partial charge in [-0.1, -0.05) is 24.2 Å². The Morgan fingerprint density at radius 2 is 2.23 bits per heavy atom. The summed E-state index contributed by atoms with van der Waals surface area (Å²) in [6.45, 7) is 3.76. The van der Waals surface area contributed by atoms with E-state index in [1.54, 1.807) is 12.3 Å².